The van der Waals surface area contributed by atoms with Gasteiger partial charge in [0.25, 0.3) is 0 Å². The Balaban J connectivity index is 1.28. The van der Waals surface area contributed by atoms with Crippen molar-refractivity contribution in [3.05, 3.63) is 65.2 Å². The Morgan fingerprint density at radius 1 is 0.933 bits per heavy atom. The normalized spacial score (nSPS) is 20.4. The number of halogens is 1. The van der Waals surface area contributed by atoms with E-state index in [-0.39, 0.29) is 42.5 Å². The van der Waals surface area contributed by atoms with Crippen molar-refractivity contribution in [2.24, 2.45) is 11.8 Å². The molecule has 4 rings (SSSR count). The van der Waals surface area contributed by atoms with Gasteiger partial charge < -0.3 is 5.32 Å². The number of fused-ring (bicyclic) bond motifs is 1. The molecule has 1 aliphatic carbocycles. The predicted molar refractivity (Wildman–Crippen MR) is 120 cm³/mol. The van der Waals surface area contributed by atoms with Crippen LogP contribution in [0.2, 0.25) is 0 Å². The highest BCUT2D eigenvalue weighted by atomic mass is 79.9. The van der Waals surface area contributed by atoms with Gasteiger partial charge in [0.2, 0.25) is 17.7 Å². The summed E-state index contributed by atoms with van der Waals surface area (Å²) in [7, 11) is 0. The van der Waals surface area contributed by atoms with E-state index in [9.17, 15) is 14.4 Å². The van der Waals surface area contributed by atoms with Crippen LogP contribution in [0.3, 0.4) is 0 Å². The van der Waals surface area contributed by atoms with E-state index < -0.39 is 0 Å². The molecule has 0 spiro atoms. The lowest BCUT2D eigenvalue weighted by Gasteiger charge is -2.14. The Labute approximate surface area is 188 Å². The van der Waals surface area contributed by atoms with Gasteiger partial charge in [-0.25, -0.2) is 0 Å². The first-order chi connectivity index (χ1) is 14.5. The average molecular weight is 485 g/mol. The van der Waals surface area contributed by atoms with E-state index in [2.05, 4.69) is 21.2 Å². The molecule has 154 valence electrons. The van der Waals surface area contributed by atoms with Crippen molar-refractivity contribution in [3.63, 3.8) is 0 Å². The number of nitrogens with zero attached hydrogens (tertiary/aromatic N) is 1. The van der Waals surface area contributed by atoms with Crippen LogP contribution in [-0.2, 0) is 14.4 Å². The van der Waals surface area contributed by atoms with Crippen molar-refractivity contribution in [1.29, 1.82) is 0 Å². The van der Waals surface area contributed by atoms with Gasteiger partial charge in [0, 0.05) is 32.9 Å². The van der Waals surface area contributed by atoms with Crippen molar-refractivity contribution in [3.8, 4) is 0 Å². The van der Waals surface area contributed by atoms with Crippen molar-refractivity contribution < 1.29 is 14.4 Å². The van der Waals surface area contributed by atoms with E-state index in [1.54, 1.807) is 11.8 Å². The molecule has 5 nitrogen and oxygen atoms in total. The summed E-state index contributed by atoms with van der Waals surface area (Å²) >= 11 is 5.07. The molecule has 2 aliphatic rings. The molecule has 7 heteroatoms. The van der Waals surface area contributed by atoms with E-state index in [0.717, 1.165) is 14.3 Å². The van der Waals surface area contributed by atoms with Gasteiger partial charge in [0.1, 0.15) is 0 Å². The molecule has 1 fully saturated rings. The summed E-state index contributed by atoms with van der Waals surface area (Å²) in [6, 6.07) is 15.7. The molecule has 1 saturated heterocycles. The van der Waals surface area contributed by atoms with Crippen LogP contribution in [-0.4, -0.2) is 29.2 Å². The number of amides is 3. The number of nitrogens with one attached hydrogen (secondary N) is 1. The van der Waals surface area contributed by atoms with Crippen molar-refractivity contribution >= 4 is 51.1 Å². The molecule has 2 aromatic rings. The Kier molecular flexibility index (Phi) is 6.39. The lowest BCUT2D eigenvalue weighted by Crippen LogP contribution is -2.34. The molecular weight excluding hydrogens is 464 g/mol. The quantitative estimate of drug-likeness (QED) is 0.468. The van der Waals surface area contributed by atoms with Gasteiger partial charge in [0.15, 0.2) is 0 Å². The SMILES string of the molecule is O=C(CCN1C(=O)C2CC=CCC2C1=O)Nc1ccc(Sc2ccc(Br)cc2)cc1. The van der Waals surface area contributed by atoms with Crippen LogP contribution in [0.1, 0.15) is 19.3 Å². The number of benzene rings is 2. The number of likely N-dealkylation sites (tertiary alicyclic amines) is 1. The number of anilines is 1. The minimum atomic E-state index is -0.249. The highest BCUT2D eigenvalue weighted by Crippen LogP contribution is 2.35. The number of hydrogen-bond acceptors (Lipinski definition) is 4. The molecular formula is C23H21BrN2O3S. The second kappa shape index (κ2) is 9.18. The molecule has 2 unspecified atom stereocenters. The molecule has 0 saturated carbocycles. The summed E-state index contributed by atoms with van der Waals surface area (Å²) < 4.78 is 1.04. The van der Waals surface area contributed by atoms with Crippen LogP contribution in [0.4, 0.5) is 5.69 Å². The second-order valence-electron chi connectivity index (χ2n) is 7.36. The highest BCUT2D eigenvalue weighted by molar-refractivity contribution is 9.10. The summed E-state index contributed by atoms with van der Waals surface area (Å²) in [5.74, 6) is -0.993. The number of imide groups is 1. The van der Waals surface area contributed by atoms with Crippen LogP contribution in [0, 0.1) is 11.8 Å². The molecule has 0 bridgehead atoms. The summed E-state index contributed by atoms with van der Waals surface area (Å²) in [6.07, 6.45) is 5.24. The van der Waals surface area contributed by atoms with E-state index in [1.807, 2.05) is 60.7 Å². The first kappa shape index (κ1) is 20.9. The Hall–Kier alpha value is -2.38. The zero-order valence-electron chi connectivity index (χ0n) is 16.2. The zero-order chi connectivity index (χ0) is 21.1. The topological polar surface area (TPSA) is 66.5 Å². The number of carbonyl (C=O) groups excluding carboxylic acids is 3. The summed E-state index contributed by atoms with van der Waals surface area (Å²) in [4.78, 5) is 40.7. The van der Waals surface area contributed by atoms with Crippen molar-refractivity contribution in [1.82, 2.24) is 4.90 Å². The number of carbonyl (C=O) groups is 3. The molecule has 3 amide bonds. The number of rotatable bonds is 6. The predicted octanol–water partition coefficient (Wildman–Crippen LogP) is 4.88. The van der Waals surface area contributed by atoms with Crippen LogP contribution in [0.25, 0.3) is 0 Å². The van der Waals surface area contributed by atoms with Crippen LogP contribution in [0.15, 0.2) is 74.9 Å². The maximum atomic E-state index is 12.5. The maximum absolute atomic E-state index is 12.5. The van der Waals surface area contributed by atoms with E-state index in [4.69, 9.17) is 0 Å². The molecule has 1 N–H and O–H groups in total. The third-order valence-electron chi connectivity index (χ3n) is 5.35. The highest BCUT2D eigenvalue weighted by Gasteiger charge is 2.46. The Bertz CT molecular complexity index is 963. The first-order valence-electron chi connectivity index (χ1n) is 9.85. The molecule has 2 aromatic carbocycles. The molecule has 2 atom stereocenters. The van der Waals surface area contributed by atoms with Gasteiger partial charge in [-0.2, -0.15) is 0 Å². The number of hydrogen-bond donors (Lipinski definition) is 1. The smallest absolute Gasteiger partial charge is 0.233 e. The average Bonchev–Trinajstić information content (AvgIpc) is 3.00. The fraction of sp³-hybridized carbons (Fsp3) is 0.261. The van der Waals surface area contributed by atoms with Crippen molar-refractivity contribution in [2.75, 3.05) is 11.9 Å². The molecule has 0 aromatic heterocycles. The standard InChI is InChI=1S/C23H21BrN2O3S/c24-15-5-9-17(10-6-15)30-18-11-7-16(8-12-18)25-21(27)13-14-26-22(28)19-3-1-2-4-20(19)23(26)29/h1-2,5-12,19-20H,3-4,13-14H2,(H,25,27). The van der Waals surface area contributed by atoms with Gasteiger partial charge in [-0.15, -0.1) is 0 Å². The van der Waals surface area contributed by atoms with Crippen LogP contribution < -0.4 is 5.32 Å². The third kappa shape index (κ3) is 4.68. The molecule has 0 radical (unpaired) electrons. The van der Waals surface area contributed by atoms with Gasteiger partial charge in [-0.05, 0) is 61.4 Å². The first-order valence-corrected chi connectivity index (χ1v) is 11.5. The molecule has 1 aliphatic heterocycles. The second-order valence-corrected chi connectivity index (χ2v) is 9.43. The Morgan fingerprint density at radius 3 is 2.03 bits per heavy atom. The largest absolute Gasteiger partial charge is 0.326 e. The maximum Gasteiger partial charge on any atom is 0.233 e. The molecule has 30 heavy (non-hydrogen) atoms. The summed E-state index contributed by atoms with van der Waals surface area (Å²) in [5, 5.41) is 2.84. The van der Waals surface area contributed by atoms with Gasteiger partial charge in [-0.3, -0.25) is 19.3 Å². The Morgan fingerprint density at radius 2 is 1.47 bits per heavy atom. The van der Waals surface area contributed by atoms with Crippen LogP contribution >= 0.6 is 27.7 Å². The molecule has 1 heterocycles. The van der Waals surface area contributed by atoms with Crippen molar-refractivity contribution in [2.45, 2.75) is 29.1 Å². The lowest BCUT2D eigenvalue weighted by molar-refractivity contribution is -0.140. The van der Waals surface area contributed by atoms with Gasteiger partial charge in [0.05, 0.1) is 11.8 Å². The minimum Gasteiger partial charge on any atom is -0.326 e. The zero-order valence-corrected chi connectivity index (χ0v) is 18.6. The third-order valence-corrected chi connectivity index (χ3v) is 6.89. The fourth-order valence-electron chi connectivity index (χ4n) is 3.77. The summed E-state index contributed by atoms with van der Waals surface area (Å²) in [6.45, 7) is 0.133. The number of allylic oxidation sites excluding steroid dienone is 2. The minimum absolute atomic E-state index is 0.0970. The fourth-order valence-corrected chi connectivity index (χ4v) is 4.85. The van der Waals surface area contributed by atoms with Gasteiger partial charge >= 0.3 is 0 Å². The summed E-state index contributed by atoms with van der Waals surface area (Å²) in [5.41, 5.74) is 0.692. The lowest BCUT2D eigenvalue weighted by atomic mass is 9.85. The van der Waals surface area contributed by atoms with Gasteiger partial charge in [-0.1, -0.05) is 39.8 Å². The monoisotopic (exact) mass is 484 g/mol. The van der Waals surface area contributed by atoms with E-state index in [0.29, 0.717) is 18.5 Å². The van der Waals surface area contributed by atoms with Crippen LogP contribution in [0.5, 0.6) is 0 Å². The van der Waals surface area contributed by atoms with E-state index >= 15 is 0 Å². The van der Waals surface area contributed by atoms with E-state index in [1.165, 1.54) is 4.90 Å².